The molecule has 0 aromatic heterocycles. The van der Waals surface area contributed by atoms with E-state index in [1.54, 1.807) is 37.3 Å². The number of carbonyl (C=O) groups excluding carboxylic acids is 1. The third-order valence-electron chi connectivity index (χ3n) is 3.42. The molecule has 23 heavy (non-hydrogen) atoms. The van der Waals surface area contributed by atoms with Gasteiger partial charge in [-0.25, -0.2) is 9.59 Å². The molecule has 0 aliphatic rings. The van der Waals surface area contributed by atoms with Crippen LogP contribution in [0.1, 0.15) is 18.9 Å². The van der Waals surface area contributed by atoms with Gasteiger partial charge in [0.1, 0.15) is 12.6 Å². The second kappa shape index (κ2) is 7.98. The number of nitrogens with zero attached hydrogens (tertiary/aromatic N) is 1. The Balaban J connectivity index is 2.19. The molecule has 0 saturated carbocycles. The predicted octanol–water partition coefficient (Wildman–Crippen LogP) is 3.69. The summed E-state index contributed by atoms with van der Waals surface area (Å²) in [6.45, 7) is 1.82. The molecule has 1 unspecified atom stereocenters. The van der Waals surface area contributed by atoms with Crippen molar-refractivity contribution in [3.63, 3.8) is 0 Å². The minimum Gasteiger partial charge on any atom is -0.480 e. The van der Waals surface area contributed by atoms with Gasteiger partial charge in [-0.1, -0.05) is 55.5 Å². The zero-order valence-corrected chi connectivity index (χ0v) is 12.9. The molecule has 0 radical (unpaired) electrons. The molecule has 0 fully saturated rings. The molecule has 5 nitrogen and oxygen atoms in total. The molecule has 5 heteroatoms. The smallest absolute Gasteiger partial charge is 0.415 e. The molecule has 1 atom stereocenters. The lowest BCUT2D eigenvalue weighted by Gasteiger charge is -2.27. The van der Waals surface area contributed by atoms with Crippen molar-refractivity contribution in [3.05, 3.63) is 66.2 Å². The number of rotatable bonds is 6. The molecule has 2 aromatic rings. The Morgan fingerprint density at radius 1 is 1.04 bits per heavy atom. The number of ether oxygens (including phenoxy) is 1. The number of carboxylic acid groups (broad SMARTS) is 1. The van der Waals surface area contributed by atoms with Crippen LogP contribution in [0.25, 0.3) is 0 Å². The number of hydrogen-bond acceptors (Lipinski definition) is 3. The Labute approximate surface area is 135 Å². The van der Waals surface area contributed by atoms with Crippen LogP contribution < -0.4 is 4.90 Å². The van der Waals surface area contributed by atoms with Crippen LogP contribution in [0.4, 0.5) is 10.5 Å². The van der Waals surface area contributed by atoms with Crippen LogP contribution in [0.15, 0.2) is 60.7 Å². The molecule has 1 N–H and O–H groups in total. The van der Waals surface area contributed by atoms with E-state index in [0.717, 1.165) is 5.56 Å². The molecule has 1 amide bonds. The molecule has 2 aromatic carbocycles. The van der Waals surface area contributed by atoms with Gasteiger partial charge in [0.15, 0.2) is 0 Å². The van der Waals surface area contributed by atoms with E-state index in [-0.39, 0.29) is 13.0 Å². The fourth-order valence-corrected chi connectivity index (χ4v) is 2.26. The molecule has 0 bridgehead atoms. The van der Waals surface area contributed by atoms with Crippen molar-refractivity contribution < 1.29 is 19.4 Å². The molecule has 120 valence electrons. The van der Waals surface area contributed by atoms with Crippen LogP contribution in [-0.2, 0) is 16.1 Å². The number of para-hydroxylation sites is 1. The first-order valence-corrected chi connectivity index (χ1v) is 7.41. The number of amides is 1. The Morgan fingerprint density at radius 2 is 1.61 bits per heavy atom. The van der Waals surface area contributed by atoms with E-state index in [9.17, 15) is 14.7 Å². The summed E-state index contributed by atoms with van der Waals surface area (Å²) in [5, 5.41) is 9.39. The number of hydrogen-bond donors (Lipinski definition) is 1. The van der Waals surface area contributed by atoms with E-state index in [1.807, 2.05) is 30.3 Å². The molecule has 0 heterocycles. The fourth-order valence-electron chi connectivity index (χ4n) is 2.26. The lowest BCUT2D eigenvalue weighted by atomic mass is 10.1. The molecular weight excluding hydrogens is 294 g/mol. The summed E-state index contributed by atoms with van der Waals surface area (Å²) in [6.07, 6.45) is -0.390. The first-order valence-electron chi connectivity index (χ1n) is 7.41. The lowest BCUT2D eigenvalue weighted by molar-refractivity contribution is -0.138. The minimum absolute atomic E-state index is 0.0963. The summed E-state index contributed by atoms with van der Waals surface area (Å²) in [5.41, 5.74) is 1.34. The third kappa shape index (κ3) is 4.32. The largest absolute Gasteiger partial charge is 0.480 e. The summed E-state index contributed by atoms with van der Waals surface area (Å²) in [6, 6.07) is 17.0. The summed E-state index contributed by atoms with van der Waals surface area (Å²) in [4.78, 5) is 25.1. The molecular formula is C18H19NO4. The van der Waals surface area contributed by atoms with E-state index in [2.05, 4.69) is 0 Å². The highest BCUT2D eigenvalue weighted by Gasteiger charge is 2.30. The second-order valence-electron chi connectivity index (χ2n) is 5.01. The maximum atomic E-state index is 12.5. The second-order valence-corrected chi connectivity index (χ2v) is 5.01. The normalized spacial score (nSPS) is 11.5. The third-order valence-corrected chi connectivity index (χ3v) is 3.42. The maximum Gasteiger partial charge on any atom is 0.415 e. The SMILES string of the molecule is CCC(C(=O)O)N(C(=O)OCc1ccccc1)c1ccccc1. The first kappa shape index (κ1) is 16.5. The van der Waals surface area contributed by atoms with Crippen molar-refractivity contribution >= 4 is 17.7 Å². The van der Waals surface area contributed by atoms with E-state index < -0.39 is 18.1 Å². The first-order chi connectivity index (χ1) is 11.1. The monoisotopic (exact) mass is 313 g/mol. The van der Waals surface area contributed by atoms with Gasteiger partial charge in [0.2, 0.25) is 0 Å². The average Bonchev–Trinajstić information content (AvgIpc) is 2.58. The van der Waals surface area contributed by atoms with Gasteiger partial charge in [-0.3, -0.25) is 4.90 Å². The van der Waals surface area contributed by atoms with Crippen LogP contribution in [0.3, 0.4) is 0 Å². The van der Waals surface area contributed by atoms with Gasteiger partial charge in [0, 0.05) is 5.69 Å². The van der Waals surface area contributed by atoms with Crippen LogP contribution in [-0.4, -0.2) is 23.2 Å². The van der Waals surface area contributed by atoms with Gasteiger partial charge in [-0.05, 0) is 24.1 Å². The van der Waals surface area contributed by atoms with Gasteiger partial charge >= 0.3 is 12.1 Å². The number of benzene rings is 2. The highest BCUT2D eigenvalue weighted by molar-refractivity contribution is 5.95. The topological polar surface area (TPSA) is 66.8 Å². The quantitative estimate of drug-likeness (QED) is 0.883. The average molecular weight is 313 g/mol. The Hall–Kier alpha value is -2.82. The van der Waals surface area contributed by atoms with Crippen molar-refractivity contribution in [1.82, 2.24) is 0 Å². The van der Waals surface area contributed by atoms with Gasteiger partial charge in [-0.15, -0.1) is 0 Å². The van der Waals surface area contributed by atoms with Gasteiger partial charge in [0.05, 0.1) is 0 Å². The number of aliphatic carboxylic acids is 1. The van der Waals surface area contributed by atoms with Crippen LogP contribution in [0.2, 0.25) is 0 Å². The van der Waals surface area contributed by atoms with E-state index in [4.69, 9.17) is 4.74 Å². The van der Waals surface area contributed by atoms with Crippen molar-refractivity contribution in [2.45, 2.75) is 26.0 Å². The van der Waals surface area contributed by atoms with E-state index in [0.29, 0.717) is 5.69 Å². The molecule has 0 saturated heterocycles. The van der Waals surface area contributed by atoms with E-state index in [1.165, 1.54) is 4.90 Å². The number of anilines is 1. The number of carbonyl (C=O) groups is 2. The summed E-state index contributed by atoms with van der Waals surface area (Å²) < 4.78 is 5.30. The molecule has 0 aliphatic carbocycles. The van der Waals surface area contributed by atoms with Crippen molar-refractivity contribution in [2.24, 2.45) is 0 Å². The Morgan fingerprint density at radius 3 is 2.13 bits per heavy atom. The Bertz CT molecular complexity index is 643. The summed E-state index contributed by atoms with van der Waals surface area (Å²) in [7, 11) is 0. The molecule has 2 rings (SSSR count). The lowest BCUT2D eigenvalue weighted by Crippen LogP contribution is -2.45. The van der Waals surface area contributed by atoms with Crippen molar-refractivity contribution in [2.75, 3.05) is 4.90 Å². The summed E-state index contributed by atoms with van der Waals surface area (Å²) in [5.74, 6) is -1.06. The zero-order valence-electron chi connectivity index (χ0n) is 12.9. The van der Waals surface area contributed by atoms with E-state index >= 15 is 0 Å². The molecule has 0 aliphatic heterocycles. The van der Waals surface area contributed by atoms with Crippen molar-refractivity contribution in [3.8, 4) is 0 Å². The van der Waals surface area contributed by atoms with Crippen LogP contribution >= 0.6 is 0 Å². The molecule has 0 spiro atoms. The Kier molecular flexibility index (Phi) is 5.74. The maximum absolute atomic E-state index is 12.5. The minimum atomic E-state index is -1.06. The zero-order chi connectivity index (χ0) is 16.7. The van der Waals surface area contributed by atoms with Gasteiger partial charge in [-0.2, -0.15) is 0 Å². The van der Waals surface area contributed by atoms with Crippen molar-refractivity contribution in [1.29, 1.82) is 0 Å². The number of carboxylic acids is 1. The highest BCUT2D eigenvalue weighted by Crippen LogP contribution is 2.20. The van der Waals surface area contributed by atoms with Crippen LogP contribution in [0.5, 0.6) is 0 Å². The standard InChI is InChI=1S/C18H19NO4/c1-2-16(17(20)21)19(15-11-7-4-8-12-15)18(22)23-13-14-9-5-3-6-10-14/h3-12,16H,2,13H2,1H3,(H,20,21). The predicted molar refractivity (Wildman–Crippen MR) is 87.3 cm³/mol. The van der Waals surface area contributed by atoms with Gasteiger partial charge < -0.3 is 9.84 Å². The van der Waals surface area contributed by atoms with Gasteiger partial charge in [0.25, 0.3) is 0 Å². The summed E-state index contributed by atoms with van der Waals surface area (Å²) >= 11 is 0. The fraction of sp³-hybridized carbons (Fsp3) is 0.222. The van der Waals surface area contributed by atoms with Crippen LogP contribution in [0, 0.1) is 0 Å². The highest BCUT2D eigenvalue weighted by atomic mass is 16.6.